The van der Waals surface area contributed by atoms with Crippen LogP contribution in [0, 0.1) is 5.92 Å². The molecular formula is C14H15N3O4. The molecule has 0 aliphatic rings. The highest BCUT2D eigenvalue weighted by molar-refractivity contribution is 5.96. The van der Waals surface area contributed by atoms with Crippen molar-refractivity contribution in [1.82, 2.24) is 14.7 Å². The molecule has 2 aromatic heterocycles. The zero-order valence-corrected chi connectivity index (χ0v) is 11.6. The average molecular weight is 289 g/mol. The number of carbonyl (C=O) groups is 2. The summed E-state index contributed by atoms with van der Waals surface area (Å²) in [4.78, 5) is 39.4. The number of pyridine rings is 1. The van der Waals surface area contributed by atoms with E-state index < -0.39 is 23.5 Å². The number of fused-ring (bicyclic) bond motifs is 1. The van der Waals surface area contributed by atoms with Crippen molar-refractivity contribution in [1.29, 1.82) is 0 Å². The van der Waals surface area contributed by atoms with Gasteiger partial charge in [-0.1, -0.05) is 19.9 Å². The molecule has 2 N–H and O–H groups in total. The maximum Gasteiger partial charge on any atom is 0.326 e. The molecule has 7 heteroatoms. The van der Waals surface area contributed by atoms with E-state index in [1.54, 1.807) is 32.0 Å². The Kier molecular flexibility index (Phi) is 4.02. The second-order valence-electron chi connectivity index (χ2n) is 4.94. The van der Waals surface area contributed by atoms with Gasteiger partial charge in [-0.05, 0) is 18.1 Å². The van der Waals surface area contributed by atoms with Crippen LogP contribution in [0.5, 0.6) is 0 Å². The standard InChI is InChI=1S/C14H15N3O4/c1-8(2)11(14(20)21)16-12(18)9-7-15-10-5-3-4-6-17(10)13(9)19/h3-8,11H,1-2H3,(H,16,18)(H,20,21). The number of aromatic nitrogens is 2. The van der Waals surface area contributed by atoms with Crippen molar-refractivity contribution in [3.8, 4) is 0 Å². The molecule has 1 atom stereocenters. The third kappa shape index (κ3) is 2.91. The summed E-state index contributed by atoms with van der Waals surface area (Å²) in [5, 5.41) is 11.4. The largest absolute Gasteiger partial charge is 0.480 e. The Morgan fingerprint density at radius 3 is 2.67 bits per heavy atom. The molecule has 21 heavy (non-hydrogen) atoms. The lowest BCUT2D eigenvalue weighted by Gasteiger charge is -2.17. The van der Waals surface area contributed by atoms with E-state index in [2.05, 4.69) is 10.3 Å². The van der Waals surface area contributed by atoms with E-state index in [-0.39, 0.29) is 11.5 Å². The van der Waals surface area contributed by atoms with Crippen LogP contribution >= 0.6 is 0 Å². The zero-order chi connectivity index (χ0) is 15.6. The summed E-state index contributed by atoms with van der Waals surface area (Å²) in [6.45, 7) is 3.34. The smallest absolute Gasteiger partial charge is 0.326 e. The summed E-state index contributed by atoms with van der Waals surface area (Å²) in [5.74, 6) is -2.19. The maximum absolute atomic E-state index is 12.2. The van der Waals surface area contributed by atoms with Crippen LogP contribution in [0.2, 0.25) is 0 Å². The van der Waals surface area contributed by atoms with Gasteiger partial charge in [-0.3, -0.25) is 14.0 Å². The van der Waals surface area contributed by atoms with Gasteiger partial charge in [0.25, 0.3) is 11.5 Å². The number of nitrogens with one attached hydrogen (secondary N) is 1. The fourth-order valence-electron chi connectivity index (χ4n) is 1.91. The lowest BCUT2D eigenvalue weighted by molar-refractivity contribution is -0.140. The minimum Gasteiger partial charge on any atom is -0.480 e. The topological polar surface area (TPSA) is 101 Å². The van der Waals surface area contributed by atoms with Crippen LogP contribution < -0.4 is 10.9 Å². The lowest BCUT2D eigenvalue weighted by Crippen LogP contribution is -2.45. The molecule has 2 aromatic rings. The Hall–Kier alpha value is -2.70. The van der Waals surface area contributed by atoms with Crippen LogP contribution in [0.25, 0.3) is 5.65 Å². The number of nitrogens with zero attached hydrogens (tertiary/aromatic N) is 2. The van der Waals surface area contributed by atoms with Gasteiger partial charge in [-0.2, -0.15) is 0 Å². The molecule has 0 saturated heterocycles. The molecular weight excluding hydrogens is 274 g/mol. The Morgan fingerprint density at radius 2 is 2.05 bits per heavy atom. The molecule has 0 saturated carbocycles. The Morgan fingerprint density at radius 1 is 1.33 bits per heavy atom. The molecule has 0 aliphatic carbocycles. The van der Waals surface area contributed by atoms with Crippen molar-refractivity contribution in [2.45, 2.75) is 19.9 Å². The number of carbonyl (C=O) groups excluding carboxylic acids is 1. The normalized spacial score (nSPS) is 12.3. The van der Waals surface area contributed by atoms with Crippen molar-refractivity contribution in [3.05, 3.63) is 46.5 Å². The first-order valence-electron chi connectivity index (χ1n) is 6.42. The summed E-state index contributed by atoms with van der Waals surface area (Å²) >= 11 is 0. The number of carboxylic acids is 1. The summed E-state index contributed by atoms with van der Waals surface area (Å²) in [6.07, 6.45) is 2.66. The van der Waals surface area contributed by atoms with Gasteiger partial charge in [-0.15, -0.1) is 0 Å². The molecule has 0 spiro atoms. The van der Waals surface area contributed by atoms with Crippen molar-refractivity contribution >= 4 is 17.5 Å². The van der Waals surface area contributed by atoms with E-state index in [0.29, 0.717) is 5.65 Å². The van der Waals surface area contributed by atoms with E-state index in [0.717, 1.165) is 6.20 Å². The maximum atomic E-state index is 12.2. The number of hydrogen-bond acceptors (Lipinski definition) is 4. The number of carboxylic acid groups (broad SMARTS) is 1. The van der Waals surface area contributed by atoms with E-state index in [1.165, 1.54) is 10.6 Å². The summed E-state index contributed by atoms with van der Waals surface area (Å²) in [6, 6.07) is 3.94. The Balaban J connectivity index is 2.38. The second-order valence-corrected chi connectivity index (χ2v) is 4.94. The van der Waals surface area contributed by atoms with E-state index in [4.69, 9.17) is 5.11 Å². The van der Waals surface area contributed by atoms with E-state index in [1.807, 2.05) is 0 Å². The molecule has 0 radical (unpaired) electrons. The van der Waals surface area contributed by atoms with Crippen LogP contribution in [0.3, 0.4) is 0 Å². The fourth-order valence-corrected chi connectivity index (χ4v) is 1.91. The quantitative estimate of drug-likeness (QED) is 0.855. The highest BCUT2D eigenvalue weighted by atomic mass is 16.4. The van der Waals surface area contributed by atoms with Gasteiger partial charge in [0.15, 0.2) is 0 Å². The summed E-state index contributed by atoms with van der Waals surface area (Å²) < 4.78 is 1.24. The number of rotatable bonds is 4. The first kappa shape index (κ1) is 14.7. The number of amides is 1. The van der Waals surface area contributed by atoms with Gasteiger partial charge in [-0.25, -0.2) is 9.78 Å². The van der Waals surface area contributed by atoms with Crippen LogP contribution in [-0.2, 0) is 4.79 Å². The molecule has 2 rings (SSSR count). The van der Waals surface area contributed by atoms with Crippen molar-refractivity contribution in [2.24, 2.45) is 5.92 Å². The van der Waals surface area contributed by atoms with Crippen LogP contribution in [-0.4, -0.2) is 32.4 Å². The van der Waals surface area contributed by atoms with Gasteiger partial charge in [0.05, 0.1) is 0 Å². The average Bonchev–Trinajstić information content (AvgIpc) is 2.44. The first-order valence-corrected chi connectivity index (χ1v) is 6.42. The molecule has 7 nitrogen and oxygen atoms in total. The highest BCUT2D eigenvalue weighted by Gasteiger charge is 2.25. The zero-order valence-electron chi connectivity index (χ0n) is 11.6. The van der Waals surface area contributed by atoms with Crippen LogP contribution in [0.15, 0.2) is 35.4 Å². The third-order valence-electron chi connectivity index (χ3n) is 3.08. The van der Waals surface area contributed by atoms with Crippen molar-refractivity contribution < 1.29 is 14.7 Å². The molecule has 0 aliphatic heterocycles. The monoisotopic (exact) mass is 289 g/mol. The van der Waals surface area contributed by atoms with Crippen LogP contribution in [0.4, 0.5) is 0 Å². The molecule has 2 heterocycles. The highest BCUT2D eigenvalue weighted by Crippen LogP contribution is 2.04. The predicted octanol–water partition coefficient (Wildman–Crippen LogP) is 0.533. The fraction of sp³-hybridized carbons (Fsp3) is 0.286. The molecule has 1 unspecified atom stereocenters. The van der Waals surface area contributed by atoms with Gasteiger partial charge in [0, 0.05) is 12.4 Å². The minimum atomic E-state index is -1.15. The SMILES string of the molecule is CC(C)C(NC(=O)c1cnc2ccccn2c1=O)C(=O)O. The Bertz CT molecular complexity index is 751. The Labute approximate surface area is 120 Å². The summed E-state index contributed by atoms with van der Waals surface area (Å²) in [5.41, 5.74) is -0.311. The minimum absolute atomic E-state index is 0.189. The third-order valence-corrected chi connectivity index (χ3v) is 3.08. The van der Waals surface area contributed by atoms with Crippen LogP contribution in [0.1, 0.15) is 24.2 Å². The first-order chi connectivity index (χ1) is 9.91. The predicted molar refractivity (Wildman–Crippen MR) is 75.2 cm³/mol. The van der Waals surface area contributed by atoms with Crippen molar-refractivity contribution in [2.75, 3.05) is 0 Å². The van der Waals surface area contributed by atoms with Gasteiger partial charge < -0.3 is 10.4 Å². The number of hydrogen-bond donors (Lipinski definition) is 2. The molecule has 0 aromatic carbocycles. The second kappa shape index (κ2) is 5.74. The van der Waals surface area contributed by atoms with E-state index in [9.17, 15) is 14.4 Å². The summed E-state index contributed by atoms with van der Waals surface area (Å²) in [7, 11) is 0. The molecule has 0 fully saturated rings. The van der Waals surface area contributed by atoms with Crippen molar-refractivity contribution in [3.63, 3.8) is 0 Å². The van der Waals surface area contributed by atoms with Gasteiger partial charge in [0.2, 0.25) is 0 Å². The molecule has 0 bridgehead atoms. The van der Waals surface area contributed by atoms with Gasteiger partial charge in [0.1, 0.15) is 17.3 Å². The molecule has 110 valence electrons. The molecule has 1 amide bonds. The van der Waals surface area contributed by atoms with Gasteiger partial charge >= 0.3 is 5.97 Å². The lowest BCUT2D eigenvalue weighted by atomic mass is 10.0. The number of aliphatic carboxylic acids is 1. The van der Waals surface area contributed by atoms with E-state index >= 15 is 0 Å².